The van der Waals surface area contributed by atoms with E-state index in [4.69, 9.17) is 9.47 Å². The van der Waals surface area contributed by atoms with Crippen molar-refractivity contribution in [2.75, 3.05) is 27.8 Å². The van der Waals surface area contributed by atoms with Crippen molar-refractivity contribution in [1.29, 1.82) is 0 Å². The summed E-state index contributed by atoms with van der Waals surface area (Å²) in [6.07, 6.45) is 5.71. The second kappa shape index (κ2) is 8.71. The number of imidazole rings is 1. The Balaban J connectivity index is 1.91. The van der Waals surface area contributed by atoms with Crippen molar-refractivity contribution in [1.82, 2.24) is 14.5 Å². The molecule has 0 N–H and O–H groups in total. The van der Waals surface area contributed by atoms with Crippen LogP contribution in [-0.4, -0.2) is 53.8 Å². The molecule has 1 heterocycles. The van der Waals surface area contributed by atoms with E-state index in [1.807, 2.05) is 44.7 Å². The summed E-state index contributed by atoms with van der Waals surface area (Å²) < 4.78 is 12.9. The topological polar surface area (TPSA) is 56.6 Å². The van der Waals surface area contributed by atoms with Gasteiger partial charge in [-0.15, -0.1) is 0 Å². The van der Waals surface area contributed by atoms with E-state index >= 15 is 0 Å². The lowest BCUT2D eigenvalue weighted by molar-refractivity contribution is -0.152. The molecule has 0 aliphatic heterocycles. The minimum atomic E-state index is -0.705. The lowest BCUT2D eigenvalue weighted by atomic mass is 9.86. The maximum atomic E-state index is 11.9. The zero-order valence-corrected chi connectivity index (χ0v) is 19.5. The molecule has 0 aliphatic rings. The van der Waals surface area contributed by atoms with Crippen LogP contribution in [0.1, 0.15) is 39.3 Å². The lowest BCUT2D eigenvalue weighted by Crippen LogP contribution is -2.46. The number of carbonyl (C=O) groups is 1. The molecule has 0 fully saturated rings. The number of carbonyl (C=O) groups excluding carboxylic acids is 1. The molecule has 3 rings (SSSR count). The molecule has 0 saturated heterocycles. The van der Waals surface area contributed by atoms with Crippen molar-refractivity contribution >= 4 is 16.7 Å². The number of esters is 1. The minimum absolute atomic E-state index is 0.103. The maximum absolute atomic E-state index is 11.9. The molecule has 0 aliphatic carbocycles. The monoisotopic (exact) mass is 423 g/mol. The molecule has 0 radical (unpaired) electrons. The molecule has 31 heavy (non-hydrogen) atoms. The van der Waals surface area contributed by atoms with Crippen molar-refractivity contribution in [2.45, 2.75) is 39.3 Å². The summed E-state index contributed by atoms with van der Waals surface area (Å²) in [7, 11) is 5.60. The van der Waals surface area contributed by atoms with E-state index in [2.05, 4.69) is 66.7 Å². The highest BCUT2D eigenvalue weighted by Gasteiger charge is 2.34. The normalized spacial score (nSPS) is 13.4. The largest absolute Gasteiger partial charge is 0.492 e. The van der Waals surface area contributed by atoms with E-state index < -0.39 is 5.41 Å². The van der Waals surface area contributed by atoms with Gasteiger partial charge in [0.25, 0.3) is 0 Å². The van der Waals surface area contributed by atoms with Crippen molar-refractivity contribution in [3.63, 3.8) is 0 Å². The highest BCUT2D eigenvalue weighted by molar-refractivity contribution is 5.84. The van der Waals surface area contributed by atoms with Gasteiger partial charge in [-0.1, -0.05) is 18.2 Å². The van der Waals surface area contributed by atoms with E-state index in [-0.39, 0.29) is 24.2 Å². The third-order valence-corrected chi connectivity index (χ3v) is 6.13. The first kappa shape index (κ1) is 22.8. The molecule has 0 bridgehead atoms. The molecular formula is C25H33N3O3. The van der Waals surface area contributed by atoms with Crippen molar-refractivity contribution in [3.8, 4) is 5.75 Å². The molecule has 0 amide bonds. The van der Waals surface area contributed by atoms with Crippen LogP contribution in [0.5, 0.6) is 5.75 Å². The standard InChI is InChI=1S/C25H33N3O3/c1-24(2,23(29)30-7)16-31-21-11-10-18-14-20(9-8-19(18)15-21)22(25(3,4)27(5)6)28-13-12-26-17-28/h8-15,17,22H,16H2,1-7H3. The van der Waals surface area contributed by atoms with Gasteiger partial charge in [-0.25, -0.2) is 4.98 Å². The average molecular weight is 424 g/mol. The smallest absolute Gasteiger partial charge is 0.314 e. The molecule has 6 nitrogen and oxygen atoms in total. The Labute approximate surface area is 184 Å². The van der Waals surface area contributed by atoms with E-state index in [0.717, 1.165) is 16.5 Å². The van der Waals surface area contributed by atoms with Gasteiger partial charge >= 0.3 is 5.97 Å². The summed E-state index contributed by atoms with van der Waals surface area (Å²) in [5.74, 6) is 0.448. The average Bonchev–Trinajstić information content (AvgIpc) is 3.25. The molecule has 1 aromatic heterocycles. The van der Waals surface area contributed by atoms with Gasteiger partial charge in [0.15, 0.2) is 0 Å². The highest BCUT2D eigenvalue weighted by atomic mass is 16.5. The van der Waals surface area contributed by atoms with Crippen LogP contribution in [0, 0.1) is 5.41 Å². The first-order valence-electron chi connectivity index (χ1n) is 10.5. The van der Waals surface area contributed by atoms with Crippen LogP contribution in [0.3, 0.4) is 0 Å². The number of hydrogen-bond acceptors (Lipinski definition) is 5. The van der Waals surface area contributed by atoms with Crippen LogP contribution in [0.2, 0.25) is 0 Å². The summed E-state index contributed by atoms with van der Waals surface area (Å²) in [6, 6.07) is 12.6. The van der Waals surface area contributed by atoms with E-state index in [1.165, 1.54) is 12.7 Å². The summed E-state index contributed by atoms with van der Waals surface area (Å²) >= 11 is 0. The Bertz CT molecular complexity index is 1040. The first-order chi connectivity index (χ1) is 14.6. The van der Waals surface area contributed by atoms with Gasteiger partial charge in [0, 0.05) is 17.9 Å². The Morgan fingerprint density at radius 1 is 1.10 bits per heavy atom. The predicted octanol–water partition coefficient (Wildman–Crippen LogP) is 4.54. The molecule has 0 spiro atoms. The number of fused-ring (bicyclic) bond motifs is 1. The number of likely N-dealkylation sites (N-methyl/N-ethyl adjacent to an activating group) is 1. The first-order valence-corrected chi connectivity index (χ1v) is 10.5. The summed E-state index contributed by atoms with van der Waals surface area (Å²) in [5, 5.41) is 2.22. The molecule has 3 aromatic rings. The highest BCUT2D eigenvalue weighted by Crippen LogP contribution is 2.35. The fourth-order valence-corrected chi connectivity index (χ4v) is 3.71. The zero-order chi connectivity index (χ0) is 22.8. The Morgan fingerprint density at radius 3 is 2.39 bits per heavy atom. The quantitative estimate of drug-likeness (QED) is 0.498. The predicted molar refractivity (Wildman–Crippen MR) is 123 cm³/mol. The number of aromatic nitrogens is 2. The Morgan fingerprint density at radius 2 is 1.77 bits per heavy atom. The second-order valence-corrected chi connectivity index (χ2v) is 9.39. The maximum Gasteiger partial charge on any atom is 0.314 e. The lowest BCUT2D eigenvalue weighted by Gasteiger charge is -2.41. The van der Waals surface area contributed by atoms with Crippen molar-refractivity contribution < 1.29 is 14.3 Å². The van der Waals surface area contributed by atoms with E-state index in [9.17, 15) is 4.79 Å². The van der Waals surface area contributed by atoms with Crippen LogP contribution in [0.4, 0.5) is 0 Å². The third kappa shape index (κ3) is 4.74. The summed E-state index contributed by atoms with van der Waals surface area (Å²) in [4.78, 5) is 18.4. The van der Waals surface area contributed by atoms with Crippen LogP contribution in [0.25, 0.3) is 10.8 Å². The molecule has 1 unspecified atom stereocenters. The van der Waals surface area contributed by atoms with Crippen molar-refractivity contribution in [2.24, 2.45) is 5.41 Å². The van der Waals surface area contributed by atoms with Gasteiger partial charge in [0.05, 0.1) is 24.9 Å². The molecule has 2 aromatic carbocycles. The zero-order valence-electron chi connectivity index (χ0n) is 19.5. The molecule has 166 valence electrons. The number of ether oxygens (including phenoxy) is 2. The minimum Gasteiger partial charge on any atom is -0.492 e. The fourth-order valence-electron chi connectivity index (χ4n) is 3.71. The van der Waals surface area contributed by atoms with Gasteiger partial charge in [-0.2, -0.15) is 0 Å². The SMILES string of the molecule is COC(=O)C(C)(C)COc1ccc2cc(C(n3ccnc3)C(C)(C)N(C)C)ccc2c1. The third-order valence-electron chi connectivity index (χ3n) is 6.13. The Hall–Kier alpha value is -2.86. The van der Waals surface area contributed by atoms with Gasteiger partial charge < -0.3 is 18.9 Å². The summed E-state index contributed by atoms with van der Waals surface area (Å²) in [6.45, 7) is 8.36. The van der Waals surface area contributed by atoms with E-state index in [1.54, 1.807) is 0 Å². The summed E-state index contributed by atoms with van der Waals surface area (Å²) in [5.41, 5.74) is 0.380. The molecular weight excluding hydrogens is 390 g/mol. The number of nitrogens with zero attached hydrogens (tertiary/aromatic N) is 3. The number of rotatable bonds is 8. The van der Waals surface area contributed by atoms with Crippen LogP contribution in [0.15, 0.2) is 55.1 Å². The number of benzene rings is 2. The fraction of sp³-hybridized carbons (Fsp3) is 0.440. The molecule has 1 atom stereocenters. The van der Waals surface area contributed by atoms with Gasteiger partial charge in [-0.05, 0) is 76.3 Å². The Kier molecular flexibility index (Phi) is 6.41. The molecule has 0 saturated carbocycles. The van der Waals surface area contributed by atoms with Gasteiger partial charge in [0.2, 0.25) is 0 Å². The van der Waals surface area contributed by atoms with Crippen LogP contribution >= 0.6 is 0 Å². The van der Waals surface area contributed by atoms with Gasteiger partial charge in [-0.3, -0.25) is 4.79 Å². The van der Waals surface area contributed by atoms with Gasteiger partial charge in [0.1, 0.15) is 12.4 Å². The van der Waals surface area contributed by atoms with Crippen LogP contribution < -0.4 is 4.74 Å². The van der Waals surface area contributed by atoms with E-state index in [0.29, 0.717) is 0 Å². The second-order valence-electron chi connectivity index (χ2n) is 9.39. The van der Waals surface area contributed by atoms with Crippen molar-refractivity contribution in [3.05, 3.63) is 60.7 Å². The number of hydrogen-bond donors (Lipinski definition) is 0. The number of methoxy groups -OCH3 is 1. The van der Waals surface area contributed by atoms with Crippen LogP contribution in [-0.2, 0) is 9.53 Å². The molecule has 6 heteroatoms.